The highest BCUT2D eigenvalue weighted by Crippen LogP contribution is 2.43. The number of hydrogen-bond acceptors (Lipinski definition) is 10. The van der Waals surface area contributed by atoms with Crippen LogP contribution in [0.25, 0.3) is 0 Å². The van der Waals surface area contributed by atoms with Crippen molar-refractivity contribution in [2.45, 2.75) is 31.7 Å². The molecule has 196 valence electrons. The molecule has 1 amide bonds. The first-order valence-corrected chi connectivity index (χ1v) is 15.2. The number of amides is 1. The summed E-state index contributed by atoms with van der Waals surface area (Å²) in [6.45, 7) is 8.44. The predicted octanol–water partition coefficient (Wildman–Crippen LogP) is 2.71. The van der Waals surface area contributed by atoms with Crippen molar-refractivity contribution in [1.29, 1.82) is 0 Å². The summed E-state index contributed by atoms with van der Waals surface area (Å²) in [4.78, 5) is 27.6. The molecule has 0 spiro atoms. The lowest BCUT2D eigenvalue weighted by atomic mass is 9.92. The van der Waals surface area contributed by atoms with Crippen molar-refractivity contribution in [3.63, 3.8) is 0 Å². The van der Waals surface area contributed by atoms with E-state index < -0.39 is 19.6 Å². The lowest BCUT2D eigenvalue weighted by molar-refractivity contribution is 0.0790. The molecule has 1 unspecified atom stereocenters. The zero-order valence-electron chi connectivity index (χ0n) is 22.0. The zero-order valence-corrected chi connectivity index (χ0v) is 23.0. The van der Waals surface area contributed by atoms with Crippen LogP contribution in [0.1, 0.15) is 22.5 Å². The minimum atomic E-state index is -1.82. The average Bonchev–Trinajstić information content (AvgIpc) is 3.29. The van der Waals surface area contributed by atoms with E-state index in [-0.39, 0.29) is 30.0 Å². The molecule has 0 aliphatic carbocycles. The van der Waals surface area contributed by atoms with E-state index in [1.54, 1.807) is 6.07 Å². The number of aromatic nitrogens is 2. The third-order valence-electron chi connectivity index (χ3n) is 5.64. The molecule has 0 bridgehead atoms. The van der Waals surface area contributed by atoms with Gasteiger partial charge in [0.25, 0.3) is 11.9 Å². The maximum absolute atomic E-state index is 11.6. The van der Waals surface area contributed by atoms with Gasteiger partial charge in [-0.1, -0.05) is 19.6 Å². The van der Waals surface area contributed by atoms with Crippen LogP contribution >= 0.6 is 0 Å². The van der Waals surface area contributed by atoms with E-state index in [0.717, 1.165) is 18.2 Å². The molecule has 2 aromatic rings. The molecule has 0 saturated carbocycles. The minimum absolute atomic E-state index is 0.0127. The molecule has 0 fully saturated rings. The Kier molecular flexibility index (Phi) is 8.41. The highest BCUT2D eigenvalue weighted by atomic mass is 28.3. The van der Waals surface area contributed by atoms with Gasteiger partial charge in [-0.25, -0.2) is 0 Å². The van der Waals surface area contributed by atoms with Crippen LogP contribution in [0.2, 0.25) is 19.6 Å². The number of hydrogen-bond donors (Lipinski definition) is 2. The summed E-state index contributed by atoms with van der Waals surface area (Å²) in [5, 5.41) is 4.29. The zero-order chi connectivity index (χ0) is 26.5. The van der Waals surface area contributed by atoms with Crippen LogP contribution in [0.5, 0.6) is 17.7 Å². The molecule has 11 nitrogen and oxygen atoms in total. The average molecular weight is 517 g/mol. The quantitative estimate of drug-likeness (QED) is 0.322. The third-order valence-corrected chi connectivity index (χ3v) is 7.64. The second kappa shape index (κ2) is 11.1. The van der Waals surface area contributed by atoms with Crippen molar-refractivity contribution in [2.24, 2.45) is 10.7 Å². The van der Waals surface area contributed by atoms with Crippen LogP contribution in [-0.2, 0) is 5.60 Å². The minimum Gasteiger partial charge on any atom is -0.480 e. The van der Waals surface area contributed by atoms with E-state index in [2.05, 4.69) is 44.8 Å². The molecule has 1 atom stereocenters. The van der Waals surface area contributed by atoms with E-state index in [0.29, 0.717) is 18.1 Å². The van der Waals surface area contributed by atoms with Gasteiger partial charge in [0.1, 0.15) is 5.56 Å². The molecule has 3 rings (SSSR count). The maximum atomic E-state index is 11.6. The maximum Gasteiger partial charge on any atom is 0.286 e. The number of methoxy groups -OCH3 is 2. The molecular weight excluding hydrogens is 480 g/mol. The summed E-state index contributed by atoms with van der Waals surface area (Å²) < 4.78 is 23.4. The Bertz CT molecular complexity index is 1120. The lowest BCUT2D eigenvalue weighted by Crippen LogP contribution is -2.41. The van der Waals surface area contributed by atoms with Crippen molar-refractivity contribution in [1.82, 2.24) is 14.9 Å². The fourth-order valence-electron chi connectivity index (χ4n) is 3.73. The summed E-state index contributed by atoms with van der Waals surface area (Å²) in [5.41, 5.74) is 4.63. The standard InChI is InChI=1S/C24H36N6O5Si/c1-30(2)12-8-11-27-23-28-21(32-3)19(22(29-23)33-4)24(13-16(14-26-15-24)36(5,6)7)35-18-10-9-17(34-18)20(25)31/h9-10,13-14H,8,11-12,15H2,1-7H3,(H2,25,31)(H,27,28,29). The SMILES string of the molecule is COc1nc(NCCCN(C)C)nc(OC)c1C1(Oc2ccc(C(N)=O)o2)C=C([Si](C)(C)C)C=NC1. The summed E-state index contributed by atoms with van der Waals surface area (Å²) in [6, 6.07) is 3.01. The number of ether oxygens (including phenoxy) is 3. The molecule has 0 saturated heterocycles. The van der Waals surface area contributed by atoms with Crippen LogP contribution in [0.4, 0.5) is 5.95 Å². The molecule has 3 N–H and O–H groups in total. The number of primary amides is 1. The van der Waals surface area contributed by atoms with Crippen molar-refractivity contribution in [3.05, 3.63) is 34.7 Å². The molecule has 3 heterocycles. The molecule has 1 aliphatic rings. The highest BCUT2D eigenvalue weighted by molar-refractivity contribution is 6.86. The number of allylic oxidation sites excluding steroid dienone is 1. The number of furan rings is 1. The number of nitrogens with one attached hydrogen (secondary N) is 1. The largest absolute Gasteiger partial charge is 0.480 e. The summed E-state index contributed by atoms with van der Waals surface area (Å²) in [5.74, 6) is 0.332. The van der Waals surface area contributed by atoms with E-state index in [4.69, 9.17) is 24.4 Å². The summed E-state index contributed by atoms with van der Waals surface area (Å²) in [6.07, 6.45) is 4.80. The fraction of sp³-hybridized carbons (Fsp3) is 0.500. The second-order valence-corrected chi connectivity index (χ2v) is 14.9. The number of carbonyl (C=O) groups excluding carboxylic acids is 1. The molecule has 2 aromatic heterocycles. The monoisotopic (exact) mass is 516 g/mol. The first kappa shape index (κ1) is 27.2. The predicted molar refractivity (Wildman–Crippen MR) is 141 cm³/mol. The number of dihydropyridines is 1. The Balaban J connectivity index is 2.11. The lowest BCUT2D eigenvalue weighted by Gasteiger charge is -2.35. The highest BCUT2D eigenvalue weighted by Gasteiger charge is 2.44. The van der Waals surface area contributed by atoms with Gasteiger partial charge in [-0.3, -0.25) is 9.79 Å². The summed E-state index contributed by atoms with van der Waals surface area (Å²) in [7, 11) is 5.29. The number of anilines is 1. The third kappa shape index (κ3) is 6.24. The van der Waals surface area contributed by atoms with Gasteiger partial charge >= 0.3 is 0 Å². The van der Waals surface area contributed by atoms with Crippen LogP contribution in [0.3, 0.4) is 0 Å². The Hall–Kier alpha value is -3.38. The smallest absolute Gasteiger partial charge is 0.286 e. The normalized spacial score (nSPS) is 17.6. The first-order valence-electron chi connectivity index (χ1n) is 11.7. The Labute approximate surface area is 212 Å². The van der Waals surface area contributed by atoms with Gasteiger partial charge in [-0.15, -0.1) is 0 Å². The number of rotatable bonds is 12. The van der Waals surface area contributed by atoms with E-state index in [9.17, 15) is 4.79 Å². The Morgan fingerprint density at radius 3 is 2.39 bits per heavy atom. The van der Waals surface area contributed by atoms with Crippen LogP contribution in [0.15, 0.2) is 32.8 Å². The fourth-order valence-corrected chi connectivity index (χ4v) is 4.87. The van der Waals surface area contributed by atoms with Gasteiger partial charge in [0.15, 0.2) is 11.4 Å². The molecule has 36 heavy (non-hydrogen) atoms. The van der Waals surface area contributed by atoms with E-state index in [1.807, 2.05) is 26.4 Å². The molecule has 1 aliphatic heterocycles. The van der Waals surface area contributed by atoms with E-state index >= 15 is 0 Å². The molecule has 0 radical (unpaired) electrons. The van der Waals surface area contributed by atoms with Crippen molar-refractivity contribution in [2.75, 3.05) is 53.3 Å². The number of nitrogens with zero attached hydrogens (tertiary/aromatic N) is 4. The van der Waals surface area contributed by atoms with Gasteiger partial charge in [-0.2, -0.15) is 9.97 Å². The molecule has 0 aromatic carbocycles. The van der Waals surface area contributed by atoms with Gasteiger partial charge in [0.05, 0.1) is 28.8 Å². The van der Waals surface area contributed by atoms with Gasteiger partial charge < -0.3 is 34.6 Å². The Morgan fingerprint density at radius 1 is 1.19 bits per heavy atom. The van der Waals surface area contributed by atoms with Crippen LogP contribution in [0, 0.1) is 0 Å². The Morgan fingerprint density at radius 2 is 1.86 bits per heavy atom. The van der Waals surface area contributed by atoms with Gasteiger partial charge in [0, 0.05) is 18.8 Å². The van der Waals surface area contributed by atoms with Crippen LogP contribution < -0.4 is 25.3 Å². The van der Waals surface area contributed by atoms with Crippen molar-refractivity contribution in [3.8, 4) is 17.7 Å². The van der Waals surface area contributed by atoms with Gasteiger partial charge in [0.2, 0.25) is 17.7 Å². The van der Waals surface area contributed by atoms with Crippen LogP contribution in [-0.4, -0.2) is 83.0 Å². The summed E-state index contributed by atoms with van der Waals surface area (Å²) >= 11 is 0. The number of carbonyl (C=O) groups is 1. The topological polar surface area (TPSA) is 137 Å². The first-order chi connectivity index (χ1) is 17.0. The second-order valence-electron chi connectivity index (χ2n) is 9.82. The van der Waals surface area contributed by atoms with Crippen molar-refractivity contribution >= 4 is 26.1 Å². The molecule has 12 heteroatoms. The van der Waals surface area contributed by atoms with Gasteiger partial charge in [-0.05, 0) is 44.4 Å². The van der Waals surface area contributed by atoms with E-state index in [1.165, 1.54) is 20.3 Å². The number of nitrogens with two attached hydrogens (primary N) is 1. The molecular formula is C24H36N6O5Si. The number of aliphatic imine (C=N–C) groups is 1. The van der Waals surface area contributed by atoms with Crippen molar-refractivity contribution < 1.29 is 23.4 Å².